The van der Waals surface area contributed by atoms with Gasteiger partial charge in [0.25, 0.3) is 0 Å². The number of para-hydroxylation sites is 1. The van der Waals surface area contributed by atoms with E-state index in [4.69, 9.17) is 4.74 Å². The second kappa shape index (κ2) is 6.27. The summed E-state index contributed by atoms with van der Waals surface area (Å²) in [6, 6.07) is 9.92. The van der Waals surface area contributed by atoms with Gasteiger partial charge in [0.05, 0.1) is 6.04 Å². The van der Waals surface area contributed by atoms with Crippen LogP contribution in [0.1, 0.15) is 33.6 Å². The minimum atomic E-state index is -0.480. The highest BCUT2D eigenvalue weighted by atomic mass is 16.6. The molecule has 0 bridgehead atoms. The zero-order valence-electron chi connectivity index (χ0n) is 12.6. The van der Waals surface area contributed by atoms with E-state index in [0.717, 1.165) is 31.6 Å². The first-order valence-corrected chi connectivity index (χ1v) is 7.25. The standard InChI is InChI=1S/C16H24N2O2/c1-16(2,3)20-15(19)18(13-8-5-4-6-9-13)14-10-7-11-17-12-14/h4-6,8-9,14,17H,7,10-12H2,1-3H3/t14-/m1/s1. The molecule has 110 valence electrons. The van der Waals surface area contributed by atoms with Gasteiger partial charge in [-0.05, 0) is 52.3 Å². The maximum Gasteiger partial charge on any atom is 0.415 e. The van der Waals surface area contributed by atoms with E-state index in [0.29, 0.717) is 0 Å². The van der Waals surface area contributed by atoms with Gasteiger partial charge in [-0.3, -0.25) is 4.90 Å². The first-order chi connectivity index (χ1) is 9.47. The summed E-state index contributed by atoms with van der Waals surface area (Å²) >= 11 is 0. The van der Waals surface area contributed by atoms with Gasteiger partial charge in [0.1, 0.15) is 5.60 Å². The van der Waals surface area contributed by atoms with E-state index in [-0.39, 0.29) is 12.1 Å². The molecule has 0 aliphatic carbocycles. The number of nitrogens with one attached hydrogen (secondary N) is 1. The maximum atomic E-state index is 12.5. The molecule has 1 amide bonds. The normalized spacial score (nSPS) is 19.4. The van der Waals surface area contributed by atoms with Crippen LogP contribution in [-0.4, -0.2) is 30.8 Å². The SMILES string of the molecule is CC(C)(C)OC(=O)N(c1ccccc1)[C@@H]1CCCNC1. The molecule has 1 aliphatic rings. The Bertz CT molecular complexity index is 434. The number of anilines is 1. The van der Waals surface area contributed by atoms with Gasteiger partial charge in [0.2, 0.25) is 0 Å². The first kappa shape index (κ1) is 14.9. The summed E-state index contributed by atoms with van der Waals surface area (Å²) in [6.45, 7) is 7.52. The Morgan fingerprint density at radius 3 is 2.55 bits per heavy atom. The fraction of sp³-hybridized carbons (Fsp3) is 0.562. The summed E-state index contributed by atoms with van der Waals surface area (Å²) in [4.78, 5) is 14.3. The van der Waals surface area contributed by atoms with Crippen LogP contribution in [0.2, 0.25) is 0 Å². The van der Waals surface area contributed by atoms with E-state index in [1.54, 1.807) is 4.90 Å². The smallest absolute Gasteiger partial charge is 0.415 e. The monoisotopic (exact) mass is 276 g/mol. The molecule has 1 atom stereocenters. The van der Waals surface area contributed by atoms with Crippen molar-refractivity contribution >= 4 is 11.8 Å². The van der Waals surface area contributed by atoms with Gasteiger partial charge < -0.3 is 10.1 Å². The van der Waals surface area contributed by atoms with Gasteiger partial charge in [0.15, 0.2) is 0 Å². The second-order valence-electron chi connectivity index (χ2n) is 6.19. The Labute approximate surface area is 121 Å². The quantitative estimate of drug-likeness (QED) is 0.902. The summed E-state index contributed by atoms with van der Waals surface area (Å²) in [5, 5.41) is 3.35. The molecule has 4 nitrogen and oxygen atoms in total. The number of hydrogen-bond acceptors (Lipinski definition) is 3. The Kier molecular flexibility index (Phi) is 4.65. The molecule has 1 aromatic rings. The van der Waals surface area contributed by atoms with E-state index in [1.807, 2.05) is 51.1 Å². The number of carbonyl (C=O) groups excluding carboxylic acids is 1. The topological polar surface area (TPSA) is 41.6 Å². The molecule has 20 heavy (non-hydrogen) atoms. The van der Waals surface area contributed by atoms with Gasteiger partial charge in [-0.1, -0.05) is 18.2 Å². The molecule has 1 fully saturated rings. The highest BCUT2D eigenvalue weighted by Crippen LogP contribution is 2.23. The minimum Gasteiger partial charge on any atom is -0.443 e. The van der Waals surface area contributed by atoms with E-state index in [1.165, 1.54) is 0 Å². The molecule has 1 saturated heterocycles. The number of rotatable bonds is 2. The molecule has 4 heteroatoms. The highest BCUT2D eigenvalue weighted by Gasteiger charge is 2.30. The van der Waals surface area contributed by atoms with Gasteiger partial charge in [0, 0.05) is 12.2 Å². The number of piperidine rings is 1. The number of benzene rings is 1. The number of nitrogens with zero attached hydrogens (tertiary/aromatic N) is 1. The van der Waals surface area contributed by atoms with Crippen molar-refractivity contribution in [1.82, 2.24) is 5.32 Å². The molecule has 2 rings (SSSR count). The average Bonchev–Trinajstić information content (AvgIpc) is 2.39. The second-order valence-corrected chi connectivity index (χ2v) is 6.19. The Balaban J connectivity index is 2.22. The predicted molar refractivity (Wildman–Crippen MR) is 81.0 cm³/mol. The van der Waals surface area contributed by atoms with Crippen molar-refractivity contribution in [3.8, 4) is 0 Å². The molecule has 1 aromatic carbocycles. The Morgan fingerprint density at radius 2 is 2.00 bits per heavy atom. The molecule has 1 N–H and O–H groups in total. The highest BCUT2D eigenvalue weighted by molar-refractivity contribution is 5.88. The maximum absolute atomic E-state index is 12.5. The molecule has 0 aromatic heterocycles. The summed E-state index contributed by atoms with van der Waals surface area (Å²) in [6.07, 6.45) is 1.81. The fourth-order valence-electron chi connectivity index (χ4n) is 2.42. The summed E-state index contributed by atoms with van der Waals surface area (Å²) < 4.78 is 5.57. The zero-order chi connectivity index (χ0) is 14.6. The van der Waals surface area contributed by atoms with Crippen LogP contribution in [0.25, 0.3) is 0 Å². The van der Waals surface area contributed by atoms with Crippen molar-refractivity contribution in [3.63, 3.8) is 0 Å². The number of amides is 1. The largest absolute Gasteiger partial charge is 0.443 e. The van der Waals surface area contributed by atoms with Crippen molar-refractivity contribution in [3.05, 3.63) is 30.3 Å². The van der Waals surface area contributed by atoms with E-state index < -0.39 is 5.60 Å². The Morgan fingerprint density at radius 1 is 1.30 bits per heavy atom. The van der Waals surface area contributed by atoms with Crippen LogP contribution >= 0.6 is 0 Å². The predicted octanol–water partition coefficient (Wildman–Crippen LogP) is 3.18. The number of carbonyl (C=O) groups is 1. The number of ether oxygens (including phenoxy) is 1. The first-order valence-electron chi connectivity index (χ1n) is 7.25. The van der Waals surface area contributed by atoms with Crippen molar-refractivity contribution in [1.29, 1.82) is 0 Å². The van der Waals surface area contributed by atoms with Crippen LogP contribution in [0, 0.1) is 0 Å². The minimum absolute atomic E-state index is 0.154. The van der Waals surface area contributed by atoms with Gasteiger partial charge in [-0.15, -0.1) is 0 Å². The number of hydrogen-bond donors (Lipinski definition) is 1. The fourth-order valence-corrected chi connectivity index (χ4v) is 2.42. The van der Waals surface area contributed by atoms with Crippen molar-refractivity contribution < 1.29 is 9.53 Å². The molecule has 1 heterocycles. The van der Waals surface area contributed by atoms with Crippen molar-refractivity contribution in [2.75, 3.05) is 18.0 Å². The zero-order valence-corrected chi connectivity index (χ0v) is 12.6. The van der Waals surface area contributed by atoms with Gasteiger partial charge >= 0.3 is 6.09 Å². The van der Waals surface area contributed by atoms with Crippen LogP contribution < -0.4 is 10.2 Å². The lowest BCUT2D eigenvalue weighted by Crippen LogP contribution is -2.50. The lowest BCUT2D eigenvalue weighted by Gasteiger charge is -2.35. The average molecular weight is 276 g/mol. The van der Waals surface area contributed by atoms with Crippen LogP contribution in [-0.2, 0) is 4.74 Å². The van der Waals surface area contributed by atoms with Crippen molar-refractivity contribution in [2.45, 2.75) is 45.3 Å². The van der Waals surface area contributed by atoms with E-state index in [9.17, 15) is 4.79 Å². The molecule has 1 aliphatic heterocycles. The van der Waals surface area contributed by atoms with Crippen LogP contribution in [0.3, 0.4) is 0 Å². The third kappa shape index (κ3) is 3.97. The molecular formula is C16H24N2O2. The molecular weight excluding hydrogens is 252 g/mol. The summed E-state index contributed by atoms with van der Waals surface area (Å²) in [5.74, 6) is 0. The van der Waals surface area contributed by atoms with Gasteiger partial charge in [-0.2, -0.15) is 0 Å². The summed E-state index contributed by atoms with van der Waals surface area (Å²) in [5.41, 5.74) is 0.419. The van der Waals surface area contributed by atoms with Crippen LogP contribution in [0.5, 0.6) is 0 Å². The lowest BCUT2D eigenvalue weighted by molar-refractivity contribution is 0.0560. The van der Waals surface area contributed by atoms with E-state index >= 15 is 0 Å². The lowest BCUT2D eigenvalue weighted by atomic mass is 10.1. The van der Waals surface area contributed by atoms with Crippen LogP contribution in [0.4, 0.5) is 10.5 Å². The molecule has 0 radical (unpaired) electrons. The third-order valence-electron chi connectivity index (χ3n) is 3.26. The Hall–Kier alpha value is -1.55. The molecule has 0 unspecified atom stereocenters. The van der Waals surface area contributed by atoms with Gasteiger partial charge in [-0.25, -0.2) is 4.79 Å². The third-order valence-corrected chi connectivity index (χ3v) is 3.26. The van der Waals surface area contributed by atoms with Crippen molar-refractivity contribution in [2.24, 2.45) is 0 Å². The molecule has 0 spiro atoms. The van der Waals surface area contributed by atoms with E-state index in [2.05, 4.69) is 5.32 Å². The van der Waals surface area contributed by atoms with Crippen LogP contribution in [0.15, 0.2) is 30.3 Å². The summed E-state index contributed by atoms with van der Waals surface area (Å²) in [7, 11) is 0. The molecule has 0 saturated carbocycles.